The maximum atomic E-state index is 12.6. The Balaban J connectivity index is 1.65. The molecule has 0 N–H and O–H groups in total. The van der Waals surface area contributed by atoms with E-state index in [4.69, 9.17) is 0 Å². The highest BCUT2D eigenvalue weighted by Gasteiger charge is 2.45. The first-order chi connectivity index (χ1) is 10.6. The summed E-state index contributed by atoms with van der Waals surface area (Å²) < 4.78 is 2.89. The Bertz CT molecular complexity index is 668. The van der Waals surface area contributed by atoms with Gasteiger partial charge >= 0.3 is 0 Å². The number of aromatic nitrogens is 2. The van der Waals surface area contributed by atoms with Crippen molar-refractivity contribution in [2.75, 3.05) is 7.05 Å². The Morgan fingerprint density at radius 3 is 2.82 bits per heavy atom. The second-order valence-corrected chi connectivity index (χ2v) is 6.66. The molecular formula is C17H20BrN3O. The van der Waals surface area contributed by atoms with Crippen LogP contribution < -0.4 is 0 Å². The molecule has 0 spiro atoms. The molecule has 1 aliphatic rings. The Labute approximate surface area is 139 Å². The quantitative estimate of drug-likeness (QED) is 0.818. The van der Waals surface area contributed by atoms with Gasteiger partial charge in [-0.05, 0) is 40.8 Å². The van der Waals surface area contributed by atoms with Gasteiger partial charge in [0.15, 0.2) is 0 Å². The largest absolute Gasteiger partial charge is 0.340 e. The molecule has 1 fully saturated rings. The van der Waals surface area contributed by atoms with E-state index in [1.807, 2.05) is 34.8 Å². The van der Waals surface area contributed by atoms with Crippen LogP contribution in [0.15, 0.2) is 41.0 Å². The molecule has 22 heavy (non-hydrogen) atoms. The number of aryl methyl sites for hydroxylation is 1. The first kappa shape index (κ1) is 15.3. The van der Waals surface area contributed by atoms with E-state index in [1.54, 1.807) is 6.20 Å². The van der Waals surface area contributed by atoms with E-state index in [-0.39, 0.29) is 11.8 Å². The number of nitrogens with zero attached hydrogens (tertiary/aromatic N) is 3. The van der Waals surface area contributed by atoms with Crippen molar-refractivity contribution < 1.29 is 4.79 Å². The second kappa shape index (κ2) is 6.24. The van der Waals surface area contributed by atoms with Gasteiger partial charge in [-0.25, -0.2) is 0 Å². The van der Waals surface area contributed by atoms with Gasteiger partial charge in [-0.15, -0.1) is 0 Å². The van der Waals surface area contributed by atoms with Crippen LogP contribution in [0.25, 0.3) is 0 Å². The third kappa shape index (κ3) is 2.95. The summed E-state index contributed by atoms with van der Waals surface area (Å²) in [6.45, 7) is 3.45. The highest BCUT2D eigenvalue weighted by atomic mass is 79.9. The molecule has 3 rings (SSSR count). The Morgan fingerprint density at radius 1 is 1.41 bits per heavy atom. The van der Waals surface area contributed by atoms with E-state index in [2.05, 4.69) is 40.1 Å². The van der Waals surface area contributed by atoms with Crippen molar-refractivity contribution in [2.45, 2.75) is 32.4 Å². The highest BCUT2D eigenvalue weighted by Crippen LogP contribution is 2.48. The Morgan fingerprint density at radius 2 is 2.14 bits per heavy atom. The van der Waals surface area contributed by atoms with Crippen molar-refractivity contribution in [1.82, 2.24) is 14.7 Å². The van der Waals surface area contributed by atoms with Crippen molar-refractivity contribution in [3.05, 3.63) is 52.3 Å². The van der Waals surface area contributed by atoms with Crippen molar-refractivity contribution in [2.24, 2.45) is 5.92 Å². The van der Waals surface area contributed by atoms with Crippen molar-refractivity contribution in [3.63, 3.8) is 0 Å². The molecule has 0 saturated heterocycles. The molecule has 116 valence electrons. The van der Waals surface area contributed by atoms with Crippen molar-refractivity contribution in [1.29, 1.82) is 0 Å². The van der Waals surface area contributed by atoms with Crippen LogP contribution >= 0.6 is 15.9 Å². The summed E-state index contributed by atoms with van der Waals surface area (Å²) in [6, 6.07) is 10.3. The molecule has 5 heteroatoms. The normalized spacial score (nSPS) is 20.0. The van der Waals surface area contributed by atoms with Crippen LogP contribution in [-0.4, -0.2) is 27.6 Å². The average molecular weight is 362 g/mol. The van der Waals surface area contributed by atoms with Crippen LogP contribution in [0.5, 0.6) is 0 Å². The lowest BCUT2D eigenvalue weighted by molar-refractivity contribution is -0.132. The van der Waals surface area contributed by atoms with Crippen LogP contribution in [0, 0.1) is 5.92 Å². The minimum absolute atomic E-state index is 0.129. The van der Waals surface area contributed by atoms with Crippen LogP contribution in [0.2, 0.25) is 0 Å². The van der Waals surface area contributed by atoms with E-state index in [0.29, 0.717) is 12.5 Å². The zero-order chi connectivity index (χ0) is 15.7. The van der Waals surface area contributed by atoms with Gasteiger partial charge in [0, 0.05) is 19.5 Å². The van der Waals surface area contributed by atoms with Gasteiger partial charge in [0.2, 0.25) is 5.91 Å². The van der Waals surface area contributed by atoms with Gasteiger partial charge in [0.1, 0.15) is 0 Å². The fraction of sp³-hybridized carbons (Fsp3) is 0.412. The SMILES string of the molecule is CCn1ncc(Br)c1CN(C)C(=O)C1CC1c1ccccc1. The summed E-state index contributed by atoms with van der Waals surface area (Å²) in [4.78, 5) is 14.4. The van der Waals surface area contributed by atoms with Gasteiger partial charge in [0.05, 0.1) is 22.9 Å². The monoisotopic (exact) mass is 361 g/mol. The number of amides is 1. The number of benzene rings is 1. The summed E-state index contributed by atoms with van der Waals surface area (Å²) in [5.41, 5.74) is 2.32. The number of rotatable bonds is 5. The molecule has 1 aromatic carbocycles. The smallest absolute Gasteiger partial charge is 0.226 e. The maximum Gasteiger partial charge on any atom is 0.226 e. The van der Waals surface area contributed by atoms with Crippen LogP contribution in [-0.2, 0) is 17.9 Å². The number of hydrogen-bond donors (Lipinski definition) is 0. The first-order valence-electron chi connectivity index (χ1n) is 7.62. The third-order valence-corrected chi connectivity index (χ3v) is 4.96. The third-order valence-electron chi connectivity index (χ3n) is 4.30. The van der Waals surface area contributed by atoms with Gasteiger partial charge in [-0.3, -0.25) is 9.48 Å². The molecule has 2 atom stereocenters. The summed E-state index contributed by atoms with van der Waals surface area (Å²) >= 11 is 3.52. The topological polar surface area (TPSA) is 38.1 Å². The van der Waals surface area contributed by atoms with E-state index in [0.717, 1.165) is 23.1 Å². The molecule has 0 bridgehead atoms. The molecule has 1 aliphatic carbocycles. The molecule has 1 aromatic heterocycles. The maximum absolute atomic E-state index is 12.6. The second-order valence-electron chi connectivity index (χ2n) is 5.81. The number of halogens is 1. The molecule has 1 amide bonds. The standard InChI is InChI=1S/C17H20BrN3O/c1-3-21-16(15(18)10-19-21)11-20(2)17(22)14-9-13(14)12-7-5-4-6-8-12/h4-8,10,13-14H,3,9,11H2,1-2H3. The predicted octanol–water partition coefficient (Wildman–Crippen LogP) is 3.43. The average Bonchev–Trinajstić information content (AvgIpc) is 3.27. The van der Waals surface area contributed by atoms with Crippen LogP contribution in [0.1, 0.15) is 30.5 Å². The summed E-state index contributed by atoms with van der Waals surface area (Å²) in [5, 5.41) is 4.30. The Hall–Kier alpha value is -1.62. The van der Waals surface area contributed by atoms with Crippen LogP contribution in [0.4, 0.5) is 0 Å². The van der Waals surface area contributed by atoms with Gasteiger partial charge < -0.3 is 4.90 Å². The highest BCUT2D eigenvalue weighted by molar-refractivity contribution is 9.10. The van der Waals surface area contributed by atoms with Gasteiger partial charge in [-0.2, -0.15) is 5.10 Å². The zero-order valence-corrected chi connectivity index (χ0v) is 14.5. The predicted molar refractivity (Wildman–Crippen MR) is 89.4 cm³/mol. The van der Waals surface area contributed by atoms with E-state index >= 15 is 0 Å². The molecule has 0 aliphatic heterocycles. The molecule has 2 unspecified atom stereocenters. The van der Waals surface area contributed by atoms with Gasteiger partial charge in [0.25, 0.3) is 0 Å². The molecular weight excluding hydrogens is 342 g/mol. The fourth-order valence-corrected chi connectivity index (χ4v) is 3.36. The lowest BCUT2D eigenvalue weighted by Crippen LogP contribution is -2.29. The molecule has 1 saturated carbocycles. The minimum Gasteiger partial charge on any atom is -0.340 e. The number of carbonyl (C=O) groups is 1. The molecule has 1 heterocycles. The lowest BCUT2D eigenvalue weighted by Gasteiger charge is -2.18. The van der Waals surface area contributed by atoms with E-state index < -0.39 is 0 Å². The van der Waals surface area contributed by atoms with Crippen molar-refractivity contribution in [3.8, 4) is 0 Å². The van der Waals surface area contributed by atoms with Gasteiger partial charge in [-0.1, -0.05) is 30.3 Å². The Kier molecular flexibility index (Phi) is 4.34. The molecule has 4 nitrogen and oxygen atoms in total. The molecule has 2 aromatic rings. The summed E-state index contributed by atoms with van der Waals surface area (Å²) in [6.07, 6.45) is 2.75. The lowest BCUT2D eigenvalue weighted by atomic mass is 10.1. The number of hydrogen-bond acceptors (Lipinski definition) is 2. The molecule has 0 radical (unpaired) electrons. The van der Waals surface area contributed by atoms with Crippen LogP contribution in [0.3, 0.4) is 0 Å². The van der Waals surface area contributed by atoms with Crippen molar-refractivity contribution >= 4 is 21.8 Å². The fourth-order valence-electron chi connectivity index (χ4n) is 2.94. The zero-order valence-electron chi connectivity index (χ0n) is 12.9. The number of carbonyl (C=O) groups excluding carboxylic acids is 1. The summed E-state index contributed by atoms with van der Waals surface area (Å²) in [5.74, 6) is 0.740. The van der Waals surface area contributed by atoms with E-state index in [9.17, 15) is 4.79 Å². The minimum atomic E-state index is 0.129. The summed E-state index contributed by atoms with van der Waals surface area (Å²) in [7, 11) is 1.88. The van der Waals surface area contributed by atoms with E-state index in [1.165, 1.54) is 5.56 Å². The first-order valence-corrected chi connectivity index (χ1v) is 8.41.